The Morgan fingerprint density at radius 3 is 2.52 bits per heavy atom. The van der Waals surface area contributed by atoms with Crippen LogP contribution in [-0.4, -0.2) is 41.4 Å². The molecule has 1 aliphatic rings. The molecule has 154 valence electrons. The summed E-state index contributed by atoms with van der Waals surface area (Å²) in [5.41, 5.74) is 3.31. The zero-order chi connectivity index (χ0) is 20.7. The number of methoxy groups -OCH3 is 2. The van der Waals surface area contributed by atoms with Gasteiger partial charge >= 0.3 is 0 Å². The lowest BCUT2D eigenvalue weighted by atomic mass is 9.98. The molecular weight excluding hydrogens is 386 g/mol. The van der Waals surface area contributed by atoms with Crippen molar-refractivity contribution in [1.82, 2.24) is 14.7 Å². The molecule has 0 bridgehead atoms. The molecule has 29 heavy (non-hydrogen) atoms. The van der Waals surface area contributed by atoms with E-state index in [1.807, 2.05) is 34.7 Å². The van der Waals surface area contributed by atoms with Crippen molar-refractivity contribution in [2.24, 2.45) is 5.92 Å². The summed E-state index contributed by atoms with van der Waals surface area (Å²) in [7, 11) is 3.28. The molecule has 0 aliphatic carbocycles. The summed E-state index contributed by atoms with van der Waals surface area (Å²) >= 11 is 1.55. The predicted molar refractivity (Wildman–Crippen MR) is 115 cm³/mol. The molecular formula is C22H27N3O3S. The van der Waals surface area contributed by atoms with Gasteiger partial charge in [0.2, 0.25) is 0 Å². The van der Waals surface area contributed by atoms with Crippen LogP contribution in [0.4, 0.5) is 0 Å². The number of carbonyl (C=O) groups is 1. The summed E-state index contributed by atoms with van der Waals surface area (Å²) in [5.74, 6) is 2.03. The minimum atomic E-state index is 0.0853. The number of aryl methyl sites for hydroxylation is 1. The minimum Gasteiger partial charge on any atom is -0.493 e. The van der Waals surface area contributed by atoms with E-state index in [0.717, 1.165) is 45.1 Å². The van der Waals surface area contributed by atoms with E-state index in [2.05, 4.69) is 18.9 Å². The summed E-state index contributed by atoms with van der Waals surface area (Å²) in [6.45, 7) is 8.51. The van der Waals surface area contributed by atoms with E-state index in [4.69, 9.17) is 9.47 Å². The van der Waals surface area contributed by atoms with Crippen LogP contribution in [0, 0.1) is 12.8 Å². The zero-order valence-corrected chi connectivity index (χ0v) is 18.4. The lowest BCUT2D eigenvalue weighted by molar-refractivity contribution is 0.0739. The molecule has 0 atom stereocenters. The highest BCUT2D eigenvalue weighted by Gasteiger charge is 2.26. The average molecular weight is 414 g/mol. The standard InChI is InChI=1S/C22H27N3O3S/c1-13(2)11-25-22-17(14(3)23-25)10-20(29-22)21(26)24-7-6-15-8-18(27-4)19(28-5)9-16(15)12-24/h8-10,13H,6-7,11-12H2,1-5H3. The van der Waals surface area contributed by atoms with Gasteiger partial charge in [0.1, 0.15) is 4.83 Å². The normalized spacial score (nSPS) is 13.8. The topological polar surface area (TPSA) is 56.6 Å². The Morgan fingerprint density at radius 1 is 1.17 bits per heavy atom. The number of rotatable bonds is 5. The summed E-state index contributed by atoms with van der Waals surface area (Å²) in [4.78, 5) is 17.0. The van der Waals surface area contributed by atoms with Crippen LogP contribution in [0.5, 0.6) is 11.5 Å². The summed E-state index contributed by atoms with van der Waals surface area (Å²) in [6, 6.07) is 6.02. The molecule has 0 N–H and O–H groups in total. The summed E-state index contributed by atoms with van der Waals surface area (Å²) in [5, 5.41) is 5.73. The number of ether oxygens (including phenoxy) is 2. The van der Waals surface area contributed by atoms with Crippen LogP contribution in [0.1, 0.15) is 40.3 Å². The predicted octanol–water partition coefficient (Wildman–Crippen LogP) is 4.28. The summed E-state index contributed by atoms with van der Waals surface area (Å²) in [6.07, 6.45) is 0.812. The van der Waals surface area contributed by atoms with Gasteiger partial charge in [-0.05, 0) is 48.6 Å². The summed E-state index contributed by atoms with van der Waals surface area (Å²) < 4.78 is 12.9. The maximum Gasteiger partial charge on any atom is 0.264 e. The number of amides is 1. The van der Waals surface area contributed by atoms with Crippen molar-refractivity contribution in [2.75, 3.05) is 20.8 Å². The molecule has 1 amide bonds. The van der Waals surface area contributed by atoms with Gasteiger partial charge in [-0.15, -0.1) is 11.3 Å². The van der Waals surface area contributed by atoms with Crippen molar-refractivity contribution in [2.45, 2.75) is 40.3 Å². The Morgan fingerprint density at radius 2 is 1.86 bits per heavy atom. The van der Waals surface area contributed by atoms with E-state index in [1.54, 1.807) is 25.6 Å². The molecule has 0 unspecified atom stereocenters. The van der Waals surface area contributed by atoms with E-state index in [0.29, 0.717) is 24.8 Å². The van der Waals surface area contributed by atoms with Gasteiger partial charge < -0.3 is 14.4 Å². The largest absolute Gasteiger partial charge is 0.493 e. The molecule has 1 aromatic carbocycles. The number of hydrogen-bond donors (Lipinski definition) is 0. The van der Waals surface area contributed by atoms with Gasteiger partial charge in [-0.25, -0.2) is 0 Å². The lowest BCUT2D eigenvalue weighted by Crippen LogP contribution is -2.35. The van der Waals surface area contributed by atoms with Crippen LogP contribution in [0.2, 0.25) is 0 Å². The monoisotopic (exact) mass is 413 g/mol. The maximum atomic E-state index is 13.3. The number of hydrogen-bond acceptors (Lipinski definition) is 5. The van der Waals surface area contributed by atoms with Crippen LogP contribution in [-0.2, 0) is 19.5 Å². The highest BCUT2D eigenvalue weighted by Crippen LogP contribution is 2.35. The zero-order valence-electron chi connectivity index (χ0n) is 17.6. The van der Waals surface area contributed by atoms with E-state index < -0.39 is 0 Å². The van der Waals surface area contributed by atoms with E-state index in [9.17, 15) is 4.79 Å². The highest BCUT2D eigenvalue weighted by molar-refractivity contribution is 7.20. The second-order valence-corrected chi connectivity index (χ2v) is 8.97. The van der Waals surface area contributed by atoms with Gasteiger partial charge in [0.05, 0.1) is 24.8 Å². The van der Waals surface area contributed by atoms with Gasteiger partial charge in [-0.1, -0.05) is 13.8 Å². The molecule has 4 rings (SSSR count). The Balaban J connectivity index is 1.61. The fourth-order valence-electron chi connectivity index (χ4n) is 3.90. The first-order chi connectivity index (χ1) is 13.9. The molecule has 7 heteroatoms. The first kappa shape index (κ1) is 19.8. The second-order valence-electron chi connectivity index (χ2n) is 7.94. The van der Waals surface area contributed by atoms with E-state index in [-0.39, 0.29) is 5.91 Å². The molecule has 1 aliphatic heterocycles. The number of nitrogens with zero attached hydrogens (tertiary/aromatic N) is 3. The third-order valence-corrected chi connectivity index (χ3v) is 6.50. The van der Waals surface area contributed by atoms with Gasteiger partial charge in [0, 0.05) is 25.0 Å². The first-order valence-corrected chi connectivity index (χ1v) is 10.7. The Bertz CT molecular complexity index is 1070. The highest BCUT2D eigenvalue weighted by atomic mass is 32.1. The van der Waals surface area contributed by atoms with Gasteiger partial charge in [0.25, 0.3) is 5.91 Å². The minimum absolute atomic E-state index is 0.0853. The Hall–Kier alpha value is -2.54. The lowest BCUT2D eigenvalue weighted by Gasteiger charge is -2.29. The molecule has 2 aromatic heterocycles. The van der Waals surface area contributed by atoms with Gasteiger partial charge in [0.15, 0.2) is 11.5 Å². The van der Waals surface area contributed by atoms with Crippen LogP contribution in [0.25, 0.3) is 10.2 Å². The van der Waals surface area contributed by atoms with Crippen LogP contribution in [0.15, 0.2) is 18.2 Å². The van der Waals surface area contributed by atoms with Crippen molar-refractivity contribution in [3.63, 3.8) is 0 Å². The molecule has 6 nitrogen and oxygen atoms in total. The molecule has 0 spiro atoms. The third kappa shape index (κ3) is 3.59. The molecule has 0 saturated carbocycles. The Kier molecular flexibility index (Phi) is 5.25. The SMILES string of the molecule is COc1cc2c(cc1OC)CN(C(=O)c1cc3c(C)nn(CC(C)C)c3s1)CC2. The third-order valence-electron chi connectivity index (χ3n) is 5.36. The Labute approximate surface area is 175 Å². The number of aromatic nitrogens is 2. The quantitative estimate of drug-likeness (QED) is 0.627. The number of benzene rings is 1. The molecule has 3 aromatic rings. The molecule has 0 fully saturated rings. The van der Waals surface area contributed by atoms with Crippen molar-refractivity contribution in [3.8, 4) is 11.5 Å². The number of carbonyl (C=O) groups excluding carboxylic acids is 1. The molecule has 0 saturated heterocycles. The van der Waals surface area contributed by atoms with Gasteiger partial charge in [-0.2, -0.15) is 5.10 Å². The number of thiophene rings is 1. The fourth-order valence-corrected chi connectivity index (χ4v) is 5.04. The van der Waals surface area contributed by atoms with Crippen molar-refractivity contribution in [3.05, 3.63) is 39.9 Å². The van der Waals surface area contributed by atoms with Crippen LogP contribution in [0.3, 0.4) is 0 Å². The van der Waals surface area contributed by atoms with Crippen LogP contribution >= 0.6 is 11.3 Å². The smallest absolute Gasteiger partial charge is 0.264 e. The average Bonchev–Trinajstić information content (AvgIpc) is 3.26. The van der Waals surface area contributed by atoms with Crippen molar-refractivity contribution < 1.29 is 14.3 Å². The maximum absolute atomic E-state index is 13.3. The fraction of sp³-hybridized carbons (Fsp3) is 0.455. The first-order valence-electron chi connectivity index (χ1n) is 9.91. The second kappa shape index (κ2) is 7.71. The number of fused-ring (bicyclic) bond motifs is 2. The molecule has 0 radical (unpaired) electrons. The van der Waals surface area contributed by atoms with E-state index >= 15 is 0 Å². The van der Waals surface area contributed by atoms with Crippen molar-refractivity contribution >= 4 is 27.5 Å². The van der Waals surface area contributed by atoms with Gasteiger partial charge in [-0.3, -0.25) is 9.48 Å². The van der Waals surface area contributed by atoms with Crippen molar-refractivity contribution in [1.29, 1.82) is 0 Å². The molecule has 3 heterocycles. The van der Waals surface area contributed by atoms with E-state index in [1.165, 1.54) is 5.56 Å². The van der Waals surface area contributed by atoms with Crippen LogP contribution < -0.4 is 9.47 Å².